The van der Waals surface area contributed by atoms with E-state index in [9.17, 15) is 4.79 Å². The van der Waals surface area contributed by atoms with Crippen LogP contribution in [-0.4, -0.2) is 23.0 Å². The monoisotopic (exact) mass is 235 g/mol. The summed E-state index contributed by atoms with van der Waals surface area (Å²) in [7, 11) is 0. The van der Waals surface area contributed by atoms with E-state index in [0.717, 1.165) is 12.8 Å². The summed E-state index contributed by atoms with van der Waals surface area (Å²) in [6.45, 7) is 5.78. The molecule has 0 N–H and O–H groups in total. The standard InChI is InChI=1S/C13H17NO3/c1-13(2,3)17-12-10(8-15)14-7-6-11(12)16-9-4-5-9/h6-9H,4-5H2,1-3H3. The second-order valence-corrected chi connectivity index (χ2v) is 5.17. The van der Waals surface area contributed by atoms with Crippen molar-refractivity contribution < 1.29 is 14.3 Å². The van der Waals surface area contributed by atoms with Gasteiger partial charge in [0.2, 0.25) is 0 Å². The Labute approximate surface area is 101 Å². The lowest BCUT2D eigenvalue weighted by Crippen LogP contribution is -2.24. The van der Waals surface area contributed by atoms with Gasteiger partial charge >= 0.3 is 0 Å². The third-order valence-corrected chi connectivity index (χ3v) is 2.23. The quantitative estimate of drug-likeness (QED) is 0.753. The number of pyridine rings is 1. The van der Waals surface area contributed by atoms with E-state index in [2.05, 4.69) is 4.98 Å². The van der Waals surface area contributed by atoms with Gasteiger partial charge in [0.25, 0.3) is 0 Å². The van der Waals surface area contributed by atoms with Gasteiger partial charge in [-0.2, -0.15) is 0 Å². The fourth-order valence-corrected chi connectivity index (χ4v) is 1.40. The lowest BCUT2D eigenvalue weighted by Gasteiger charge is -2.23. The second kappa shape index (κ2) is 4.35. The summed E-state index contributed by atoms with van der Waals surface area (Å²) in [5.41, 5.74) is -0.0966. The number of aromatic nitrogens is 1. The van der Waals surface area contributed by atoms with Crippen molar-refractivity contribution in [2.24, 2.45) is 0 Å². The molecular formula is C13H17NO3. The third-order valence-electron chi connectivity index (χ3n) is 2.23. The van der Waals surface area contributed by atoms with Crippen LogP contribution in [0.15, 0.2) is 12.3 Å². The number of nitrogens with zero attached hydrogens (tertiary/aromatic N) is 1. The van der Waals surface area contributed by atoms with E-state index in [1.807, 2.05) is 20.8 Å². The zero-order valence-corrected chi connectivity index (χ0v) is 10.4. The van der Waals surface area contributed by atoms with E-state index in [4.69, 9.17) is 9.47 Å². The van der Waals surface area contributed by atoms with Gasteiger partial charge in [-0.15, -0.1) is 0 Å². The molecule has 2 rings (SSSR count). The maximum absolute atomic E-state index is 11.0. The Morgan fingerprint density at radius 3 is 2.65 bits per heavy atom. The molecule has 1 aliphatic carbocycles. The number of rotatable bonds is 4. The number of ether oxygens (including phenoxy) is 2. The highest BCUT2D eigenvalue weighted by atomic mass is 16.5. The first-order chi connectivity index (χ1) is 7.99. The molecule has 0 aliphatic heterocycles. The minimum absolute atomic E-state index is 0.263. The van der Waals surface area contributed by atoms with Crippen molar-refractivity contribution in [3.8, 4) is 11.5 Å². The van der Waals surface area contributed by atoms with Gasteiger partial charge in [0.15, 0.2) is 17.8 Å². The predicted octanol–water partition coefficient (Wildman–Crippen LogP) is 2.61. The van der Waals surface area contributed by atoms with Crippen molar-refractivity contribution in [3.63, 3.8) is 0 Å². The molecule has 1 saturated carbocycles. The average Bonchev–Trinajstić information content (AvgIpc) is 3.02. The molecule has 0 bridgehead atoms. The Kier molecular flexibility index (Phi) is 3.05. The van der Waals surface area contributed by atoms with Crippen molar-refractivity contribution >= 4 is 6.29 Å². The highest BCUT2D eigenvalue weighted by Crippen LogP contribution is 2.36. The lowest BCUT2D eigenvalue weighted by atomic mass is 10.2. The van der Waals surface area contributed by atoms with E-state index in [-0.39, 0.29) is 17.4 Å². The molecule has 92 valence electrons. The second-order valence-electron chi connectivity index (χ2n) is 5.17. The zero-order valence-electron chi connectivity index (χ0n) is 10.4. The first kappa shape index (κ1) is 11.9. The third kappa shape index (κ3) is 3.19. The molecule has 0 aromatic carbocycles. The predicted molar refractivity (Wildman–Crippen MR) is 63.7 cm³/mol. The van der Waals surface area contributed by atoms with Crippen LogP contribution < -0.4 is 9.47 Å². The molecule has 0 amide bonds. The Balaban J connectivity index is 2.31. The fourth-order valence-electron chi connectivity index (χ4n) is 1.40. The molecule has 1 heterocycles. The Bertz CT molecular complexity index is 419. The number of aldehydes is 1. The summed E-state index contributed by atoms with van der Waals surface area (Å²) in [4.78, 5) is 15.0. The van der Waals surface area contributed by atoms with E-state index in [0.29, 0.717) is 17.8 Å². The molecule has 1 fully saturated rings. The van der Waals surface area contributed by atoms with Gasteiger partial charge in [-0.25, -0.2) is 4.98 Å². The van der Waals surface area contributed by atoms with Gasteiger partial charge in [0, 0.05) is 12.3 Å². The van der Waals surface area contributed by atoms with E-state index in [1.54, 1.807) is 12.3 Å². The van der Waals surface area contributed by atoms with Gasteiger partial charge in [-0.1, -0.05) is 0 Å². The summed E-state index contributed by atoms with van der Waals surface area (Å²) in [6, 6.07) is 1.74. The lowest BCUT2D eigenvalue weighted by molar-refractivity contribution is 0.106. The Morgan fingerprint density at radius 1 is 1.41 bits per heavy atom. The maximum atomic E-state index is 11.0. The summed E-state index contributed by atoms with van der Waals surface area (Å²) < 4.78 is 11.5. The first-order valence-corrected chi connectivity index (χ1v) is 5.79. The van der Waals surface area contributed by atoms with Crippen molar-refractivity contribution in [3.05, 3.63) is 18.0 Å². The minimum atomic E-state index is -0.386. The molecule has 0 saturated heterocycles. The van der Waals surface area contributed by atoms with Gasteiger partial charge in [0.05, 0.1) is 6.10 Å². The Hall–Kier alpha value is -1.58. The normalized spacial score (nSPS) is 15.5. The van der Waals surface area contributed by atoms with E-state index >= 15 is 0 Å². The van der Waals surface area contributed by atoms with Crippen molar-refractivity contribution in [1.29, 1.82) is 0 Å². The number of carbonyl (C=O) groups is 1. The molecule has 17 heavy (non-hydrogen) atoms. The molecule has 4 nitrogen and oxygen atoms in total. The van der Waals surface area contributed by atoms with Crippen LogP contribution in [0, 0.1) is 0 Å². The van der Waals surface area contributed by atoms with Crippen LogP contribution in [0.4, 0.5) is 0 Å². The van der Waals surface area contributed by atoms with Crippen LogP contribution in [0.5, 0.6) is 11.5 Å². The van der Waals surface area contributed by atoms with Crippen molar-refractivity contribution in [2.45, 2.75) is 45.3 Å². The first-order valence-electron chi connectivity index (χ1n) is 5.79. The molecule has 0 radical (unpaired) electrons. The van der Waals surface area contributed by atoms with Crippen LogP contribution >= 0.6 is 0 Å². The molecular weight excluding hydrogens is 218 g/mol. The van der Waals surface area contributed by atoms with Gasteiger partial charge < -0.3 is 9.47 Å². The minimum Gasteiger partial charge on any atom is -0.486 e. The van der Waals surface area contributed by atoms with Gasteiger partial charge in [-0.05, 0) is 33.6 Å². The van der Waals surface area contributed by atoms with Crippen molar-refractivity contribution in [1.82, 2.24) is 4.98 Å². The van der Waals surface area contributed by atoms with Crippen LogP contribution in [0.2, 0.25) is 0 Å². The molecule has 1 aliphatic rings. The molecule has 0 atom stereocenters. The zero-order chi connectivity index (χ0) is 12.5. The molecule has 1 aromatic rings. The maximum Gasteiger partial charge on any atom is 0.191 e. The van der Waals surface area contributed by atoms with Crippen molar-refractivity contribution in [2.75, 3.05) is 0 Å². The molecule has 0 unspecified atom stereocenters. The Morgan fingerprint density at radius 2 is 2.12 bits per heavy atom. The topological polar surface area (TPSA) is 48.4 Å². The average molecular weight is 235 g/mol. The highest BCUT2D eigenvalue weighted by Gasteiger charge is 2.27. The van der Waals surface area contributed by atoms with Gasteiger partial charge in [-0.3, -0.25) is 4.79 Å². The van der Waals surface area contributed by atoms with Crippen LogP contribution in [0.25, 0.3) is 0 Å². The molecule has 4 heteroatoms. The summed E-state index contributed by atoms with van der Waals surface area (Å²) in [5, 5.41) is 0. The number of hydrogen-bond donors (Lipinski definition) is 0. The summed E-state index contributed by atoms with van der Waals surface area (Å²) in [5.74, 6) is 1.06. The highest BCUT2D eigenvalue weighted by molar-refractivity contribution is 5.78. The van der Waals surface area contributed by atoms with E-state index < -0.39 is 0 Å². The van der Waals surface area contributed by atoms with E-state index in [1.165, 1.54) is 0 Å². The summed E-state index contributed by atoms with van der Waals surface area (Å²) >= 11 is 0. The number of hydrogen-bond acceptors (Lipinski definition) is 4. The largest absolute Gasteiger partial charge is 0.486 e. The molecule has 1 aromatic heterocycles. The fraction of sp³-hybridized carbons (Fsp3) is 0.538. The van der Waals surface area contributed by atoms with Gasteiger partial charge in [0.1, 0.15) is 11.3 Å². The summed E-state index contributed by atoms with van der Waals surface area (Å²) in [6.07, 6.45) is 4.65. The number of carbonyl (C=O) groups excluding carboxylic acids is 1. The van der Waals surface area contributed by atoms with Crippen LogP contribution in [0.1, 0.15) is 44.1 Å². The SMILES string of the molecule is CC(C)(C)Oc1c(OC2CC2)ccnc1C=O. The van der Waals surface area contributed by atoms with Crippen LogP contribution in [0.3, 0.4) is 0 Å². The molecule has 0 spiro atoms. The smallest absolute Gasteiger partial charge is 0.191 e. The van der Waals surface area contributed by atoms with Crippen LogP contribution in [-0.2, 0) is 0 Å².